The summed E-state index contributed by atoms with van der Waals surface area (Å²) in [7, 11) is 4.91. The van der Waals surface area contributed by atoms with Gasteiger partial charge in [-0.15, -0.1) is 11.6 Å². The first-order valence-corrected chi connectivity index (χ1v) is 35.3. The van der Waals surface area contributed by atoms with Gasteiger partial charge in [0.25, 0.3) is 0 Å². The van der Waals surface area contributed by atoms with Gasteiger partial charge < -0.3 is 71.8 Å². The highest BCUT2D eigenvalue weighted by Gasteiger charge is 2.39. The van der Waals surface area contributed by atoms with Gasteiger partial charge in [-0.1, -0.05) is 83.9 Å². The lowest BCUT2D eigenvalue weighted by molar-refractivity contribution is 0.0544. The number of rotatable bonds is 30. The number of nitrogens with zero attached hydrogens (tertiary/aromatic N) is 3. The minimum atomic E-state index is -0.721. The van der Waals surface area contributed by atoms with Gasteiger partial charge in [0.05, 0.1) is 65.3 Å². The number of carbonyl (C=O) groups excluding carboxylic acids is 3. The van der Waals surface area contributed by atoms with Crippen LogP contribution in [0.4, 0.5) is 18.8 Å². The van der Waals surface area contributed by atoms with Crippen molar-refractivity contribution in [1.82, 2.24) is 29.7 Å². The molecule has 544 valence electrons. The summed E-state index contributed by atoms with van der Waals surface area (Å²) in [6, 6.07) is 39.4. The second-order valence-electron chi connectivity index (χ2n) is 23.7. The molecule has 26 heteroatoms. The van der Waals surface area contributed by atoms with E-state index in [1.165, 1.54) is 5.56 Å². The normalized spacial score (nSPS) is 15.3. The zero-order valence-corrected chi connectivity index (χ0v) is 60.3. The number of hydrogen-bond acceptors (Lipinski definition) is 15. The molecular weight excluding hydrogens is 1400 g/mol. The van der Waals surface area contributed by atoms with E-state index in [1.54, 1.807) is 42.1 Å². The van der Waals surface area contributed by atoms with Gasteiger partial charge in [0.1, 0.15) is 81.7 Å². The maximum atomic E-state index is 12.9. The van der Waals surface area contributed by atoms with E-state index in [2.05, 4.69) is 21.5 Å². The van der Waals surface area contributed by atoms with Crippen LogP contribution in [0, 0.1) is 0 Å². The number of fused-ring (bicyclic) bond motifs is 9. The second-order valence-corrected chi connectivity index (χ2v) is 25.4. The maximum Gasteiger partial charge on any atom is 0.410 e. The highest BCUT2D eigenvalue weighted by molar-refractivity contribution is 6.32. The molecule has 12 rings (SSSR count). The Morgan fingerprint density at radius 2 is 0.755 bits per heavy atom. The molecule has 21 nitrogen and oxygen atoms in total. The number of carbonyl (C=O) groups is 3. The van der Waals surface area contributed by atoms with Crippen molar-refractivity contribution in [2.75, 3.05) is 153 Å². The molecule has 0 radical (unpaired) electrons. The summed E-state index contributed by atoms with van der Waals surface area (Å²) in [6.07, 6.45) is 2.31. The predicted octanol–water partition coefficient (Wildman–Crippen LogP) is 15.2. The number of alkyl halides is 2. The molecule has 0 bridgehead atoms. The highest BCUT2D eigenvalue weighted by Crippen LogP contribution is 2.43. The average molecular weight is 1480 g/mol. The van der Waals surface area contributed by atoms with Gasteiger partial charge in [0.2, 0.25) is 0 Å². The zero-order valence-electron chi connectivity index (χ0n) is 57.3. The van der Waals surface area contributed by atoms with Crippen molar-refractivity contribution in [2.45, 2.75) is 37.4 Å². The number of ether oxygens (including phenoxy) is 12. The van der Waals surface area contributed by atoms with E-state index < -0.39 is 18.8 Å². The molecular formula is C76H85Cl4FN6O15. The number of hydrogen-bond donors (Lipinski definition) is 3. The molecule has 102 heavy (non-hydrogen) atoms. The molecule has 3 aliphatic heterocycles. The Labute approximate surface area is 612 Å². The predicted molar refractivity (Wildman–Crippen MR) is 392 cm³/mol. The maximum absolute atomic E-state index is 12.9. The minimum absolute atomic E-state index is 0.163. The third kappa shape index (κ3) is 19.7. The highest BCUT2D eigenvalue weighted by atomic mass is 35.5. The smallest absolute Gasteiger partial charge is 0.410 e. The van der Waals surface area contributed by atoms with Crippen molar-refractivity contribution >= 4 is 97.4 Å². The summed E-state index contributed by atoms with van der Waals surface area (Å²) in [5.74, 6) is 2.42. The van der Waals surface area contributed by atoms with Gasteiger partial charge in [0, 0.05) is 106 Å². The third-order valence-electron chi connectivity index (χ3n) is 17.3. The van der Waals surface area contributed by atoms with Crippen LogP contribution in [-0.2, 0) is 61.9 Å². The quantitative estimate of drug-likeness (QED) is 0.0165. The molecule has 0 aliphatic carbocycles. The van der Waals surface area contributed by atoms with Crippen LogP contribution in [0.25, 0.3) is 32.7 Å². The number of aromatic amines is 3. The Balaban J connectivity index is 0.000000165. The van der Waals surface area contributed by atoms with Gasteiger partial charge in [-0.2, -0.15) is 0 Å². The number of aromatic nitrogens is 3. The zero-order chi connectivity index (χ0) is 71.7. The van der Waals surface area contributed by atoms with E-state index in [1.807, 2.05) is 127 Å². The first kappa shape index (κ1) is 76.4. The summed E-state index contributed by atoms with van der Waals surface area (Å²) in [5, 5.41) is 5.23. The van der Waals surface area contributed by atoms with Crippen LogP contribution in [0.3, 0.4) is 0 Å². The summed E-state index contributed by atoms with van der Waals surface area (Å²) in [5.41, 5.74) is 12.0. The van der Waals surface area contributed by atoms with Crippen LogP contribution in [0.1, 0.15) is 68.6 Å². The van der Waals surface area contributed by atoms with Gasteiger partial charge >= 0.3 is 18.3 Å². The number of halogens is 5. The van der Waals surface area contributed by atoms with Gasteiger partial charge in [0.15, 0.2) is 0 Å². The van der Waals surface area contributed by atoms with Crippen LogP contribution in [0.15, 0.2) is 140 Å². The van der Waals surface area contributed by atoms with E-state index in [0.717, 1.165) is 89.1 Å². The molecule has 3 unspecified atom stereocenters. The minimum Gasteiger partial charge on any atom is -0.491 e. The summed E-state index contributed by atoms with van der Waals surface area (Å²) >= 11 is 24.5. The number of nitrogens with one attached hydrogen (secondary N) is 3. The lowest BCUT2D eigenvalue weighted by Crippen LogP contribution is -2.41. The summed E-state index contributed by atoms with van der Waals surface area (Å²) < 4.78 is 77.0. The average Bonchev–Trinajstić information content (AvgIpc) is 1.60. The topological polar surface area (TPSA) is 219 Å². The third-order valence-corrected chi connectivity index (χ3v) is 18.1. The fourth-order valence-corrected chi connectivity index (χ4v) is 13.3. The monoisotopic (exact) mass is 1480 g/mol. The van der Waals surface area contributed by atoms with Crippen molar-refractivity contribution in [3.05, 3.63) is 206 Å². The van der Waals surface area contributed by atoms with Crippen molar-refractivity contribution in [3.8, 4) is 17.2 Å². The molecule has 0 saturated carbocycles. The molecule has 3 aromatic heterocycles. The van der Waals surface area contributed by atoms with Crippen LogP contribution in [0.2, 0.25) is 15.1 Å². The largest absolute Gasteiger partial charge is 0.491 e. The Kier molecular flexibility index (Phi) is 29.1. The van der Waals surface area contributed by atoms with Crippen LogP contribution < -0.4 is 14.2 Å². The van der Waals surface area contributed by atoms with Crippen molar-refractivity contribution in [3.63, 3.8) is 0 Å². The lowest BCUT2D eigenvalue weighted by Gasteiger charge is -2.35. The fraction of sp³-hybridized carbons (Fsp3) is 0.382. The summed E-state index contributed by atoms with van der Waals surface area (Å²) in [4.78, 5) is 54.2. The first-order chi connectivity index (χ1) is 49.9. The van der Waals surface area contributed by atoms with E-state index in [9.17, 15) is 18.8 Å². The lowest BCUT2D eigenvalue weighted by atomic mass is 9.92. The van der Waals surface area contributed by atoms with Gasteiger partial charge in [-0.05, 0) is 144 Å². The number of amides is 3. The fourth-order valence-electron chi connectivity index (χ4n) is 12.7. The molecule has 3 aliphatic rings. The first-order valence-electron chi connectivity index (χ1n) is 33.7. The Bertz CT molecular complexity index is 4000. The van der Waals surface area contributed by atoms with E-state index in [4.69, 9.17) is 103 Å². The Morgan fingerprint density at radius 3 is 1.06 bits per heavy atom. The molecule has 3 atom stereocenters. The molecule has 0 saturated heterocycles. The molecule has 6 heterocycles. The molecule has 6 aromatic carbocycles. The Hall–Kier alpha value is -8.26. The van der Waals surface area contributed by atoms with Crippen LogP contribution >= 0.6 is 46.4 Å². The SMILES string of the molecule is C=CCOC(=O)N1CCc2c([nH]c3ccc(Cl)cc23)C1c1ccc(OCCOCCOC)cc1.COCCOCCOc1ccc(C2c3[nH]c4ccc(Cl)cc4c3CCN2C(=O)OCCCl)cc1.COCCOCCOc1ccc(C2c3[nH]c4ccc(Cl)cc4c3CCN2C(=O)OCCF)cc1. The van der Waals surface area contributed by atoms with Gasteiger partial charge in [-0.3, -0.25) is 14.7 Å². The van der Waals surface area contributed by atoms with E-state index in [0.29, 0.717) is 139 Å². The van der Waals surface area contributed by atoms with Crippen LogP contribution in [-0.4, -0.2) is 201 Å². The van der Waals surface area contributed by atoms with Crippen molar-refractivity contribution in [2.24, 2.45) is 0 Å². The number of benzene rings is 6. The second kappa shape index (κ2) is 38.9. The van der Waals surface area contributed by atoms with Crippen LogP contribution in [0.5, 0.6) is 17.2 Å². The number of H-pyrrole nitrogens is 3. The summed E-state index contributed by atoms with van der Waals surface area (Å²) in [6.45, 7) is 10.5. The van der Waals surface area contributed by atoms with E-state index >= 15 is 0 Å². The standard InChI is InChI=1S/C26H29ClN2O5.C25H28Cl2N2O5.C25H28ClFN2O5/c1-3-12-34-26(30)29-11-10-21-22-17-19(27)6-9-23(22)28-24(21)25(29)18-4-7-20(8-5-18)33-16-15-32-14-13-31-2;1-31-12-13-32-14-15-33-19-5-2-17(3-6-19)24-23-20(8-10-29(24)25(30)34-11-9-26)21-16-18(27)4-7-22(21)28-23;1-31-12-13-32-14-15-33-19-5-2-17(3-6-19)24-23-20(8-10-29(24)25(30)34-11-9-27)21-16-18(26)4-7-22(21)28-23/h3-9,17,25,28H,1,10-16H2,2H3;2*2-7,16,24,28H,8-15H2,1H3. The molecule has 0 fully saturated rings. The molecule has 0 spiro atoms. The van der Waals surface area contributed by atoms with Gasteiger partial charge in [-0.25, -0.2) is 18.8 Å². The molecule has 3 amide bonds. The Morgan fingerprint density at radius 1 is 0.441 bits per heavy atom. The molecule has 3 N–H and O–H groups in total. The molecule has 9 aromatic rings. The van der Waals surface area contributed by atoms with Crippen molar-refractivity contribution < 1.29 is 75.6 Å². The van der Waals surface area contributed by atoms with E-state index in [-0.39, 0.29) is 50.0 Å². The van der Waals surface area contributed by atoms with Crippen molar-refractivity contribution in [1.29, 1.82) is 0 Å². The number of methoxy groups -OCH3 is 3.